The number of ether oxygens (including phenoxy) is 1. The summed E-state index contributed by atoms with van der Waals surface area (Å²) in [5.41, 5.74) is 0. The minimum atomic E-state index is 0.454. The summed E-state index contributed by atoms with van der Waals surface area (Å²) in [7, 11) is 0. The Morgan fingerprint density at radius 1 is 0.529 bits per heavy atom. The fraction of sp³-hybridized carbons (Fsp3) is 1.00. The zero-order valence-corrected chi connectivity index (χ0v) is 13.0. The first kappa shape index (κ1) is 15.0. The first-order valence-corrected chi connectivity index (χ1v) is 7.42. The van der Waals surface area contributed by atoms with E-state index < -0.39 is 0 Å². The fourth-order valence-electron chi connectivity index (χ4n) is 3.65. The predicted octanol–water partition coefficient (Wildman–Crippen LogP) is 4.61. The summed E-state index contributed by atoms with van der Waals surface area (Å²) in [6, 6.07) is 0. The molecule has 0 saturated carbocycles. The van der Waals surface area contributed by atoms with Crippen LogP contribution >= 0.6 is 0 Å². The Kier molecular flexibility index (Phi) is 5.07. The molecule has 4 atom stereocenters. The molecule has 1 heterocycles. The molecular weight excluding hydrogens is 208 g/mol. The zero-order valence-electron chi connectivity index (χ0n) is 13.0. The molecule has 0 aromatic heterocycles. The SMILES string of the molecule is CC(C)C1OC(C(C)C)C(C(C)C)C1C(C)C. The fourth-order valence-corrected chi connectivity index (χ4v) is 3.65. The Hall–Kier alpha value is -0.0400. The number of rotatable bonds is 4. The van der Waals surface area contributed by atoms with Crippen molar-refractivity contribution in [1.82, 2.24) is 0 Å². The Labute approximate surface area is 108 Å². The first-order chi connectivity index (χ1) is 7.77. The zero-order chi connectivity index (χ0) is 13.3. The van der Waals surface area contributed by atoms with Gasteiger partial charge in [0.05, 0.1) is 12.2 Å². The van der Waals surface area contributed by atoms with E-state index in [-0.39, 0.29) is 0 Å². The normalized spacial score (nSPS) is 34.6. The van der Waals surface area contributed by atoms with Crippen molar-refractivity contribution in [3.05, 3.63) is 0 Å². The van der Waals surface area contributed by atoms with Gasteiger partial charge in [-0.25, -0.2) is 0 Å². The van der Waals surface area contributed by atoms with Crippen LogP contribution in [-0.2, 0) is 4.74 Å². The van der Waals surface area contributed by atoms with Crippen LogP contribution in [0.3, 0.4) is 0 Å². The third-order valence-electron chi connectivity index (χ3n) is 4.37. The molecule has 0 N–H and O–H groups in total. The summed E-state index contributed by atoms with van der Waals surface area (Å²) in [6.07, 6.45) is 0.907. The molecule has 0 aromatic rings. The van der Waals surface area contributed by atoms with Gasteiger partial charge in [-0.1, -0.05) is 55.4 Å². The van der Waals surface area contributed by atoms with Gasteiger partial charge in [0.2, 0.25) is 0 Å². The molecule has 0 aliphatic carbocycles. The highest BCUT2D eigenvalue weighted by molar-refractivity contribution is 4.95. The molecule has 17 heavy (non-hydrogen) atoms. The Morgan fingerprint density at radius 2 is 0.824 bits per heavy atom. The van der Waals surface area contributed by atoms with E-state index in [0.717, 1.165) is 23.7 Å². The van der Waals surface area contributed by atoms with Gasteiger partial charge in [-0.2, -0.15) is 0 Å². The van der Waals surface area contributed by atoms with Crippen molar-refractivity contribution in [2.45, 2.75) is 67.6 Å². The van der Waals surface area contributed by atoms with Crippen LogP contribution < -0.4 is 0 Å². The summed E-state index contributed by atoms with van der Waals surface area (Å²) in [5.74, 6) is 4.15. The highest BCUT2D eigenvalue weighted by Gasteiger charge is 2.48. The van der Waals surface area contributed by atoms with Gasteiger partial charge in [0.25, 0.3) is 0 Å². The number of hydrogen-bond donors (Lipinski definition) is 0. The largest absolute Gasteiger partial charge is 0.374 e. The van der Waals surface area contributed by atoms with Gasteiger partial charge >= 0.3 is 0 Å². The molecular formula is C16H32O. The van der Waals surface area contributed by atoms with E-state index in [0.29, 0.717) is 24.0 Å². The van der Waals surface area contributed by atoms with Crippen molar-refractivity contribution in [1.29, 1.82) is 0 Å². The van der Waals surface area contributed by atoms with Crippen molar-refractivity contribution < 1.29 is 4.74 Å². The van der Waals surface area contributed by atoms with Crippen LogP contribution in [-0.4, -0.2) is 12.2 Å². The van der Waals surface area contributed by atoms with Crippen LogP contribution in [0.25, 0.3) is 0 Å². The minimum absolute atomic E-state index is 0.454. The molecule has 0 aromatic carbocycles. The lowest BCUT2D eigenvalue weighted by molar-refractivity contribution is -0.0227. The summed E-state index contributed by atoms with van der Waals surface area (Å²) in [4.78, 5) is 0. The van der Waals surface area contributed by atoms with E-state index in [4.69, 9.17) is 4.74 Å². The van der Waals surface area contributed by atoms with Gasteiger partial charge in [0, 0.05) is 0 Å². The van der Waals surface area contributed by atoms with Crippen LogP contribution in [0.5, 0.6) is 0 Å². The lowest BCUT2D eigenvalue weighted by Gasteiger charge is -2.32. The van der Waals surface area contributed by atoms with Gasteiger partial charge in [-0.3, -0.25) is 0 Å². The van der Waals surface area contributed by atoms with Crippen molar-refractivity contribution in [2.75, 3.05) is 0 Å². The van der Waals surface area contributed by atoms with Gasteiger partial charge < -0.3 is 4.74 Å². The molecule has 1 nitrogen and oxygen atoms in total. The van der Waals surface area contributed by atoms with Crippen LogP contribution in [0.1, 0.15) is 55.4 Å². The van der Waals surface area contributed by atoms with Crippen LogP contribution in [0.2, 0.25) is 0 Å². The Bertz CT molecular complexity index is 206. The molecule has 1 fully saturated rings. The summed E-state index contributed by atoms with van der Waals surface area (Å²) in [6.45, 7) is 18.7. The van der Waals surface area contributed by atoms with Gasteiger partial charge in [-0.15, -0.1) is 0 Å². The third kappa shape index (κ3) is 3.05. The van der Waals surface area contributed by atoms with E-state index in [2.05, 4.69) is 55.4 Å². The molecule has 102 valence electrons. The van der Waals surface area contributed by atoms with Crippen molar-refractivity contribution in [3.8, 4) is 0 Å². The topological polar surface area (TPSA) is 9.23 Å². The quantitative estimate of drug-likeness (QED) is 0.697. The highest BCUT2D eigenvalue weighted by Crippen LogP contribution is 2.46. The Morgan fingerprint density at radius 3 is 1.00 bits per heavy atom. The molecule has 1 saturated heterocycles. The maximum absolute atomic E-state index is 6.43. The van der Waals surface area contributed by atoms with Crippen molar-refractivity contribution >= 4 is 0 Å². The second kappa shape index (κ2) is 5.73. The van der Waals surface area contributed by atoms with E-state index >= 15 is 0 Å². The lowest BCUT2D eigenvalue weighted by atomic mass is 9.70. The van der Waals surface area contributed by atoms with Gasteiger partial charge in [0.1, 0.15) is 0 Å². The first-order valence-electron chi connectivity index (χ1n) is 7.42. The van der Waals surface area contributed by atoms with Crippen LogP contribution in [0, 0.1) is 35.5 Å². The van der Waals surface area contributed by atoms with Crippen LogP contribution in [0.4, 0.5) is 0 Å². The second-order valence-corrected chi connectivity index (χ2v) is 7.20. The molecule has 0 amide bonds. The van der Waals surface area contributed by atoms with E-state index in [1.165, 1.54) is 0 Å². The van der Waals surface area contributed by atoms with E-state index in [1.807, 2.05) is 0 Å². The monoisotopic (exact) mass is 240 g/mol. The predicted molar refractivity (Wildman–Crippen MR) is 75.0 cm³/mol. The smallest absolute Gasteiger partial charge is 0.0636 e. The van der Waals surface area contributed by atoms with Gasteiger partial charge in [-0.05, 0) is 35.5 Å². The van der Waals surface area contributed by atoms with Crippen molar-refractivity contribution in [2.24, 2.45) is 35.5 Å². The van der Waals surface area contributed by atoms with Crippen LogP contribution in [0.15, 0.2) is 0 Å². The Balaban J connectivity index is 3.00. The summed E-state index contributed by atoms with van der Waals surface area (Å²) >= 11 is 0. The molecule has 0 radical (unpaired) electrons. The highest BCUT2D eigenvalue weighted by atomic mass is 16.5. The van der Waals surface area contributed by atoms with E-state index in [1.54, 1.807) is 0 Å². The standard InChI is InChI=1S/C16H32O/c1-9(2)13-14(10(3)4)16(12(7)8)17-15(13)11(5)6/h9-16H,1-8H3. The average molecular weight is 240 g/mol. The lowest BCUT2D eigenvalue weighted by Crippen LogP contribution is -2.33. The summed E-state index contributed by atoms with van der Waals surface area (Å²) in [5, 5.41) is 0. The van der Waals surface area contributed by atoms with Crippen molar-refractivity contribution in [3.63, 3.8) is 0 Å². The van der Waals surface area contributed by atoms with E-state index in [9.17, 15) is 0 Å². The summed E-state index contributed by atoms with van der Waals surface area (Å²) < 4.78 is 6.43. The molecule has 0 spiro atoms. The average Bonchev–Trinajstić information content (AvgIpc) is 2.56. The molecule has 0 bridgehead atoms. The minimum Gasteiger partial charge on any atom is -0.374 e. The molecule has 1 heteroatoms. The molecule has 1 aliphatic heterocycles. The maximum atomic E-state index is 6.43. The second-order valence-electron chi connectivity index (χ2n) is 7.20. The number of hydrogen-bond acceptors (Lipinski definition) is 1. The third-order valence-corrected chi connectivity index (χ3v) is 4.37. The maximum Gasteiger partial charge on any atom is 0.0636 e. The van der Waals surface area contributed by atoms with Gasteiger partial charge in [0.15, 0.2) is 0 Å². The molecule has 1 aliphatic rings. The molecule has 1 rings (SSSR count). The molecule has 4 unspecified atom stereocenters.